The Morgan fingerprint density at radius 3 is 2.54 bits per heavy atom. The molecule has 0 amide bonds. The lowest BCUT2D eigenvalue weighted by Gasteiger charge is -2.43. The van der Waals surface area contributed by atoms with Crippen LogP contribution in [0.1, 0.15) is 40.8 Å². The molecule has 0 spiro atoms. The third-order valence-electron chi connectivity index (χ3n) is 7.12. The summed E-state index contributed by atoms with van der Waals surface area (Å²) in [7, 11) is 4.13. The van der Waals surface area contributed by atoms with E-state index in [0.717, 1.165) is 32.5 Å². The van der Waals surface area contributed by atoms with Gasteiger partial charge in [0.05, 0.1) is 17.2 Å². The van der Waals surface area contributed by atoms with Crippen LogP contribution in [-0.4, -0.2) is 72.3 Å². The second-order valence-electron chi connectivity index (χ2n) is 9.85. The van der Waals surface area contributed by atoms with E-state index < -0.39 is 17.2 Å². The molecule has 3 aromatic rings. The molecule has 1 N–H and O–H groups in total. The molecular formula is C27H31FN4O3. The number of hydrogen-bond donors (Lipinski definition) is 1. The summed E-state index contributed by atoms with van der Waals surface area (Å²) in [6.45, 7) is 3.94. The molecule has 1 saturated carbocycles. The minimum atomic E-state index is -1.28. The molecule has 184 valence electrons. The lowest BCUT2D eigenvalue weighted by Crippen LogP contribution is -2.50. The van der Waals surface area contributed by atoms with Crippen LogP contribution in [0.3, 0.4) is 0 Å². The summed E-state index contributed by atoms with van der Waals surface area (Å²) < 4.78 is 17.3. The third-order valence-corrected chi connectivity index (χ3v) is 7.12. The molecule has 1 aliphatic carbocycles. The van der Waals surface area contributed by atoms with Crippen LogP contribution in [0.4, 0.5) is 10.1 Å². The number of halogens is 1. The van der Waals surface area contributed by atoms with Crippen LogP contribution in [0, 0.1) is 5.82 Å². The van der Waals surface area contributed by atoms with Gasteiger partial charge in [-0.2, -0.15) is 0 Å². The number of fused-ring (bicyclic) bond motifs is 1. The first-order chi connectivity index (χ1) is 16.8. The van der Waals surface area contributed by atoms with E-state index in [4.69, 9.17) is 0 Å². The van der Waals surface area contributed by atoms with Gasteiger partial charge in [0.15, 0.2) is 0 Å². The van der Waals surface area contributed by atoms with Crippen molar-refractivity contribution in [3.63, 3.8) is 0 Å². The van der Waals surface area contributed by atoms with Crippen molar-refractivity contribution in [3.8, 4) is 0 Å². The number of carboxylic acid groups (broad SMARTS) is 1. The van der Waals surface area contributed by atoms with Crippen molar-refractivity contribution in [3.05, 3.63) is 75.8 Å². The fraction of sp³-hybridized carbons (Fsp3) is 0.407. The Hall–Kier alpha value is -3.23. The Morgan fingerprint density at radius 1 is 1.14 bits per heavy atom. The zero-order valence-corrected chi connectivity index (χ0v) is 20.2. The van der Waals surface area contributed by atoms with E-state index >= 15 is 4.39 Å². The monoisotopic (exact) mass is 478 g/mol. The number of hydrogen-bond acceptors (Lipinski definition) is 5. The summed E-state index contributed by atoms with van der Waals surface area (Å²) in [5, 5.41) is 9.62. The van der Waals surface area contributed by atoms with E-state index in [1.165, 1.54) is 17.8 Å². The molecule has 1 aliphatic heterocycles. The second kappa shape index (κ2) is 9.43. The molecule has 8 heteroatoms. The minimum absolute atomic E-state index is 0.111. The highest BCUT2D eigenvalue weighted by atomic mass is 19.1. The maximum absolute atomic E-state index is 15.5. The molecular weight excluding hydrogens is 447 g/mol. The number of pyridine rings is 1. The molecule has 0 bridgehead atoms. The van der Waals surface area contributed by atoms with Gasteiger partial charge in [-0.15, -0.1) is 0 Å². The summed E-state index contributed by atoms with van der Waals surface area (Å²) in [5.74, 6) is -1.77. The molecule has 0 radical (unpaired) electrons. The average molecular weight is 479 g/mol. The number of nitrogens with zero attached hydrogens (tertiary/aromatic N) is 4. The number of rotatable bonds is 7. The summed E-state index contributed by atoms with van der Waals surface area (Å²) in [4.78, 5) is 31.1. The number of benzene rings is 2. The summed E-state index contributed by atoms with van der Waals surface area (Å²) in [6.07, 6.45) is 3.27. The molecule has 2 aromatic carbocycles. The normalized spacial score (nSPS) is 19.0. The SMILES string of the molecule is CN(C)CCN1CCN(c2cc3c(cc2F)c(=O)c(C(=O)O)cn3C2CC2)CC1c1ccccc1. The summed E-state index contributed by atoms with van der Waals surface area (Å²) in [5.41, 5.74) is 1.31. The summed E-state index contributed by atoms with van der Waals surface area (Å²) >= 11 is 0. The molecule has 1 saturated heterocycles. The van der Waals surface area contributed by atoms with Crippen molar-refractivity contribution >= 4 is 22.6 Å². The molecule has 2 aliphatic rings. The number of aromatic nitrogens is 1. The van der Waals surface area contributed by atoms with Gasteiger partial charge in [-0.25, -0.2) is 9.18 Å². The highest BCUT2D eigenvalue weighted by Gasteiger charge is 2.31. The smallest absolute Gasteiger partial charge is 0.341 e. The van der Waals surface area contributed by atoms with Crippen LogP contribution in [0.25, 0.3) is 10.9 Å². The van der Waals surface area contributed by atoms with Gasteiger partial charge in [-0.05, 0) is 44.6 Å². The number of aromatic carboxylic acids is 1. The van der Waals surface area contributed by atoms with Gasteiger partial charge in [0.2, 0.25) is 5.43 Å². The van der Waals surface area contributed by atoms with Gasteiger partial charge in [0.25, 0.3) is 0 Å². The Balaban J connectivity index is 1.54. The lowest BCUT2D eigenvalue weighted by atomic mass is 10.0. The van der Waals surface area contributed by atoms with Crippen molar-refractivity contribution in [2.45, 2.75) is 24.9 Å². The quantitative estimate of drug-likeness (QED) is 0.560. The number of carboxylic acids is 1. The molecule has 5 rings (SSSR count). The second-order valence-corrected chi connectivity index (χ2v) is 9.85. The Bertz CT molecular complexity index is 1300. The number of anilines is 1. The highest BCUT2D eigenvalue weighted by molar-refractivity contribution is 5.93. The van der Waals surface area contributed by atoms with Gasteiger partial charge < -0.3 is 19.5 Å². The van der Waals surface area contributed by atoms with Gasteiger partial charge in [0, 0.05) is 50.3 Å². The van der Waals surface area contributed by atoms with E-state index in [2.05, 4.69) is 40.9 Å². The lowest BCUT2D eigenvalue weighted by molar-refractivity contribution is 0.0695. The molecule has 35 heavy (non-hydrogen) atoms. The zero-order chi connectivity index (χ0) is 24.7. The standard InChI is InChI=1S/C27H31FN4O3/c1-29(2)10-11-30-12-13-31(17-25(30)18-6-4-3-5-7-18)24-15-23-20(14-22(24)28)26(33)21(27(34)35)16-32(23)19-8-9-19/h3-7,14-16,19,25H,8-13,17H2,1-2H3,(H,34,35). The summed E-state index contributed by atoms with van der Waals surface area (Å²) in [6, 6.07) is 13.5. The van der Waals surface area contributed by atoms with Gasteiger partial charge >= 0.3 is 5.97 Å². The van der Waals surface area contributed by atoms with Crippen LogP contribution < -0.4 is 10.3 Å². The van der Waals surface area contributed by atoms with Crippen molar-refractivity contribution in [1.82, 2.24) is 14.4 Å². The predicted molar refractivity (Wildman–Crippen MR) is 135 cm³/mol. The van der Waals surface area contributed by atoms with Crippen molar-refractivity contribution in [2.75, 3.05) is 51.7 Å². The molecule has 1 aromatic heterocycles. The van der Waals surface area contributed by atoms with Gasteiger partial charge in [0.1, 0.15) is 11.4 Å². The maximum atomic E-state index is 15.5. The number of carbonyl (C=O) groups is 1. The van der Waals surface area contributed by atoms with E-state index in [1.54, 1.807) is 6.07 Å². The third kappa shape index (κ3) is 4.68. The zero-order valence-electron chi connectivity index (χ0n) is 20.2. The van der Waals surface area contributed by atoms with E-state index in [0.29, 0.717) is 24.3 Å². The fourth-order valence-corrected chi connectivity index (χ4v) is 5.03. The average Bonchev–Trinajstić information content (AvgIpc) is 3.69. The van der Waals surface area contributed by atoms with Crippen molar-refractivity contribution < 1.29 is 14.3 Å². The molecule has 7 nitrogen and oxygen atoms in total. The van der Waals surface area contributed by atoms with E-state index in [1.807, 2.05) is 22.8 Å². The van der Waals surface area contributed by atoms with Crippen molar-refractivity contribution in [2.24, 2.45) is 0 Å². The molecule has 2 heterocycles. The Morgan fingerprint density at radius 2 is 1.89 bits per heavy atom. The Labute approximate surface area is 204 Å². The first kappa shape index (κ1) is 23.5. The van der Waals surface area contributed by atoms with Gasteiger partial charge in [-0.1, -0.05) is 30.3 Å². The molecule has 1 atom stereocenters. The predicted octanol–water partition coefficient (Wildman–Crippen LogP) is 3.60. The van der Waals surface area contributed by atoms with Gasteiger partial charge in [-0.3, -0.25) is 9.69 Å². The number of piperazine rings is 1. The van der Waals surface area contributed by atoms with E-state index in [-0.39, 0.29) is 23.0 Å². The van der Waals surface area contributed by atoms with Crippen LogP contribution in [0.5, 0.6) is 0 Å². The maximum Gasteiger partial charge on any atom is 0.341 e. The molecule has 1 unspecified atom stereocenters. The number of likely N-dealkylation sites (N-methyl/N-ethyl adjacent to an activating group) is 1. The van der Waals surface area contributed by atoms with Crippen LogP contribution in [0.15, 0.2) is 53.5 Å². The largest absolute Gasteiger partial charge is 0.477 e. The van der Waals surface area contributed by atoms with Crippen LogP contribution >= 0.6 is 0 Å². The first-order valence-corrected chi connectivity index (χ1v) is 12.1. The Kier molecular flexibility index (Phi) is 6.34. The van der Waals surface area contributed by atoms with Crippen molar-refractivity contribution in [1.29, 1.82) is 0 Å². The fourth-order valence-electron chi connectivity index (χ4n) is 5.03. The topological polar surface area (TPSA) is 69.0 Å². The van der Waals surface area contributed by atoms with Crippen LogP contribution in [0.2, 0.25) is 0 Å². The minimum Gasteiger partial charge on any atom is -0.477 e. The van der Waals surface area contributed by atoms with E-state index in [9.17, 15) is 14.7 Å². The van der Waals surface area contributed by atoms with Crippen LogP contribution in [-0.2, 0) is 0 Å². The first-order valence-electron chi connectivity index (χ1n) is 12.1. The highest BCUT2D eigenvalue weighted by Crippen LogP contribution is 2.38. The molecule has 2 fully saturated rings.